The van der Waals surface area contributed by atoms with Crippen LogP contribution in [-0.4, -0.2) is 87.5 Å². The van der Waals surface area contributed by atoms with Crippen molar-refractivity contribution in [2.75, 3.05) is 32.7 Å². The first-order chi connectivity index (χ1) is 20.2. The molecule has 0 radical (unpaired) electrons. The van der Waals surface area contributed by atoms with E-state index >= 15 is 0 Å². The maximum Gasteiger partial charge on any atom is 0.324 e. The third kappa shape index (κ3) is 7.43. The molecule has 234 valence electrons. The molecule has 0 N–H and O–H groups in total. The molecule has 5 rings (SSSR count). The second kappa shape index (κ2) is 12.5. The Morgan fingerprint density at radius 2 is 1.74 bits per heavy atom. The maximum atomic E-state index is 14.3. The zero-order valence-corrected chi connectivity index (χ0v) is 27.8. The van der Waals surface area contributed by atoms with Crippen molar-refractivity contribution in [2.45, 2.75) is 103 Å². The SMILES string of the molecule is C[C@H]1CN([C@@H](Cc2ccc3c(c2)CCC3)C(=O)OC(C)(C)C)CCN1C(=O)C1CN(C(C)(C)C)CC1c1ccc(Cl)cn1. The number of esters is 1. The molecule has 1 aliphatic carbocycles. The highest BCUT2D eigenvalue weighted by Gasteiger charge is 2.46. The molecule has 7 nitrogen and oxygen atoms in total. The van der Waals surface area contributed by atoms with Gasteiger partial charge in [-0.1, -0.05) is 29.8 Å². The Bertz CT molecular complexity index is 1320. The summed E-state index contributed by atoms with van der Waals surface area (Å²) in [6.07, 6.45) is 5.74. The molecular weight excluding hydrogens is 560 g/mol. The second-order valence-corrected chi connectivity index (χ2v) is 15.2. The number of carbonyl (C=O) groups is 2. The van der Waals surface area contributed by atoms with Crippen molar-refractivity contribution in [1.29, 1.82) is 0 Å². The number of amides is 1. The highest BCUT2D eigenvalue weighted by Crippen LogP contribution is 2.37. The Balaban J connectivity index is 1.33. The molecule has 8 heteroatoms. The summed E-state index contributed by atoms with van der Waals surface area (Å²) in [7, 11) is 0. The largest absolute Gasteiger partial charge is 0.459 e. The highest BCUT2D eigenvalue weighted by molar-refractivity contribution is 6.30. The highest BCUT2D eigenvalue weighted by atomic mass is 35.5. The van der Waals surface area contributed by atoms with Gasteiger partial charge in [-0.3, -0.25) is 24.4 Å². The summed E-state index contributed by atoms with van der Waals surface area (Å²) >= 11 is 6.15. The molecule has 2 unspecified atom stereocenters. The summed E-state index contributed by atoms with van der Waals surface area (Å²) in [4.78, 5) is 39.2. The van der Waals surface area contributed by atoms with Gasteiger partial charge >= 0.3 is 5.97 Å². The van der Waals surface area contributed by atoms with Gasteiger partial charge in [-0.25, -0.2) is 0 Å². The van der Waals surface area contributed by atoms with Crippen LogP contribution in [0.5, 0.6) is 0 Å². The van der Waals surface area contributed by atoms with Gasteiger partial charge in [0.2, 0.25) is 5.91 Å². The van der Waals surface area contributed by atoms with Gasteiger partial charge in [0.1, 0.15) is 11.6 Å². The van der Waals surface area contributed by atoms with Gasteiger partial charge in [0.05, 0.1) is 10.9 Å². The molecule has 1 amide bonds. The van der Waals surface area contributed by atoms with Crippen LogP contribution >= 0.6 is 11.6 Å². The number of likely N-dealkylation sites (tertiary alicyclic amines) is 1. The van der Waals surface area contributed by atoms with Crippen LogP contribution in [0.2, 0.25) is 5.02 Å². The summed E-state index contributed by atoms with van der Waals surface area (Å²) in [5.74, 6) is -0.197. The molecule has 2 saturated heterocycles. The van der Waals surface area contributed by atoms with E-state index in [2.05, 4.69) is 60.7 Å². The second-order valence-electron chi connectivity index (χ2n) is 14.8. The summed E-state index contributed by atoms with van der Waals surface area (Å²) in [5.41, 5.74) is 4.32. The van der Waals surface area contributed by atoms with Gasteiger partial charge in [-0.05, 0) is 103 Å². The van der Waals surface area contributed by atoms with Crippen molar-refractivity contribution in [1.82, 2.24) is 19.7 Å². The first-order valence-corrected chi connectivity index (χ1v) is 16.3. The van der Waals surface area contributed by atoms with Gasteiger partial charge < -0.3 is 9.64 Å². The molecule has 1 aromatic carbocycles. The first-order valence-electron chi connectivity index (χ1n) is 15.9. The third-order valence-corrected chi connectivity index (χ3v) is 9.59. The summed E-state index contributed by atoms with van der Waals surface area (Å²) in [6.45, 7) is 17.8. The van der Waals surface area contributed by atoms with E-state index in [9.17, 15) is 9.59 Å². The standard InChI is InChI=1S/C35H49ClN4O3/c1-23-20-38(31(33(42)43-35(5,6)7)18-24-11-12-25-9-8-10-26(25)17-24)15-16-40(23)32(41)29-22-39(34(2,3)4)21-28(29)30-14-13-27(36)19-37-30/h11-14,17,19,23,28-29,31H,8-10,15-16,18,20-22H2,1-7H3/t23-,28?,29?,31-/m0/s1. The number of pyridine rings is 1. The zero-order valence-electron chi connectivity index (χ0n) is 27.0. The molecule has 3 aliphatic rings. The predicted molar refractivity (Wildman–Crippen MR) is 171 cm³/mol. The van der Waals surface area contributed by atoms with Crippen molar-refractivity contribution in [3.8, 4) is 0 Å². The van der Waals surface area contributed by atoms with Crippen LogP contribution < -0.4 is 0 Å². The molecule has 2 fully saturated rings. The van der Waals surface area contributed by atoms with E-state index in [0.717, 1.165) is 25.1 Å². The van der Waals surface area contributed by atoms with Gasteiger partial charge in [0, 0.05) is 62.1 Å². The number of hydrogen-bond acceptors (Lipinski definition) is 6. The molecule has 0 spiro atoms. The fourth-order valence-electron chi connectivity index (χ4n) is 7.02. The average molecular weight is 609 g/mol. The van der Waals surface area contributed by atoms with Crippen molar-refractivity contribution in [3.63, 3.8) is 0 Å². The molecule has 1 aromatic heterocycles. The molecule has 2 aliphatic heterocycles. The minimum Gasteiger partial charge on any atom is -0.459 e. The van der Waals surface area contributed by atoms with Crippen molar-refractivity contribution >= 4 is 23.5 Å². The Hall–Kier alpha value is -2.48. The Morgan fingerprint density at radius 1 is 1.00 bits per heavy atom. The molecule has 4 atom stereocenters. The lowest BCUT2D eigenvalue weighted by Gasteiger charge is -2.44. The number of aromatic nitrogens is 1. The van der Waals surface area contributed by atoms with E-state index in [1.54, 1.807) is 6.20 Å². The van der Waals surface area contributed by atoms with E-state index in [4.69, 9.17) is 16.3 Å². The fourth-order valence-corrected chi connectivity index (χ4v) is 7.14. The Morgan fingerprint density at radius 3 is 2.40 bits per heavy atom. The van der Waals surface area contributed by atoms with Crippen molar-refractivity contribution < 1.29 is 14.3 Å². The number of rotatable bonds is 6. The number of halogens is 1. The number of carbonyl (C=O) groups excluding carboxylic acids is 2. The van der Waals surface area contributed by atoms with E-state index in [1.165, 1.54) is 23.1 Å². The summed E-state index contributed by atoms with van der Waals surface area (Å²) in [6, 6.07) is 10.1. The normalized spacial score (nSPS) is 24.2. The smallest absolute Gasteiger partial charge is 0.324 e. The molecule has 43 heavy (non-hydrogen) atoms. The molecule has 0 bridgehead atoms. The predicted octanol–water partition coefficient (Wildman–Crippen LogP) is 5.52. The maximum absolute atomic E-state index is 14.3. The van der Waals surface area contributed by atoms with E-state index in [1.807, 2.05) is 37.8 Å². The fraction of sp³-hybridized carbons (Fsp3) is 0.629. The monoisotopic (exact) mass is 608 g/mol. The third-order valence-electron chi connectivity index (χ3n) is 9.37. The van der Waals surface area contributed by atoms with Crippen LogP contribution in [0.25, 0.3) is 0 Å². The molecule has 3 heterocycles. The Kier molecular flexibility index (Phi) is 9.27. The average Bonchev–Trinajstić information content (AvgIpc) is 3.58. The van der Waals surface area contributed by atoms with Crippen molar-refractivity contribution in [3.05, 3.63) is 63.9 Å². The van der Waals surface area contributed by atoms with Gasteiger partial charge in [0.25, 0.3) is 0 Å². The lowest BCUT2D eigenvalue weighted by atomic mass is 9.90. The van der Waals surface area contributed by atoms with Crippen LogP contribution in [0.3, 0.4) is 0 Å². The quantitative estimate of drug-likeness (QED) is 0.402. The van der Waals surface area contributed by atoms with Crippen LogP contribution in [0.15, 0.2) is 36.5 Å². The summed E-state index contributed by atoms with van der Waals surface area (Å²) < 4.78 is 5.94. The van der Waals surface area contributed by atoms with E-state index in [0.29, 0.717) is 37.6 Å². The van der Waals surface area contributed by atoms with E-state index in [-0.39, 0.29) is 35.3 Å². The van der Waals surface area contributed by atoms with E-state index < -0.39 is 11.6 Å². The summed E-state index contributed by atoms with van der Waals surface area (Å²) in [5, 5.41) is 0.599. The lowest BCUT2D eigenvalue weighted by molar-refractivity contribution is -0.163. The number of piperazine rings is 1. The van der Waals surface area contributed by atoms with Gasteiger partial charge in [0.15, 0.2) is 0 Å². The molecule has 2 aromatic rings. The van der Waals surface area contributed by atoms with Crippen molar-refractivity contribution in [2.24, 2.45) is 5.92 Å². The number of hydrogen-bond donors (Lipinski definition) is 0. The minimum absolute atomic E-state index is 0.00328. The molecular formula is C35H49ClN4O3. The zero-order chi connectivity index (χ0) is 31.1. The number of aryl methyl sites for hydroxylation is 2. The minimum atomic E-state index is -0.567. The van der Waals surface area contributed by atoms with Gasteiger partial charge in [-0.15, -0.1) is 0 Å². The van der Waals surface area contributed by atoms with Crippen LogP contribution in [0.1, 0.15) is 83.2 Å². The molecule has 0 saturated carbocycles. The Labute approximate surface area is 262 Å². The van der Waals surface area contributed by atoms with Crippen LogP contribution in [0.4, 0.5) is 0 Å². The topological polar surface area (TPSA) is 66.0 Å². The van der Waals surface area contributed by atoms with Crippen LogP contribution in [0, 0.1) is 5.92 Å². The van der Waals surface area contributed by atoms with Gasteiger partial charge in [-0.2, -0.15) is 0 Å². The number of benzene rings is 1. The number of nitrogens with zero attached hydrogens (tertiary/aromatic N) is 4. The number of ether oxygens (including phenoxy) is 1. The first kappa shape index (κ1) is 31.9. The lowest BCUT2D eigenvalue weighted by Crippen LogP contribution is -2.60. The number of fused-ring (bicyclic) bond motifs is 1. The van der Waals surface area contributed by atoms with Crippen LogP contribution in [-0.2, 0) is 33.6 Å².